The first-order chi connectivity index (χ1) is 11.2. The van der Waals surface area contributed by atoms with Crippen LogP contribution in [0.15, 0.2) is 36.9 Å². The van der Waals surface area contributed by atoms with Crippen LogP contribution < -0.4 is 21.3 Å². The molecule has 1 aliphatic rings. The minimum Gasteiger partial charge on any atom is -0.334 e. The minimum absolute atomic E-state index is 0.0290. The molecule has 1 saturated heterocycles. The van der Waals surface area contributed by atoms with Gasteiger partial charge in [0.1, 0.15) is 0 Å². The highest BCUT2D eigenvalue weighted by Crippen LogP contribution is 2.17. The Balaban J connectivity index is 1.74. The van der Waals surface area contributed by atoms with Crippen molar-refractivity contribution in [3.63, 3.8) is 0 Å². The number of anilines is 2. The Labute approximate surface area is 136 Å². The van der Waals surface area contributed by atoms with Crippen LogP contribution in [0.5, 0.6) is 0 Å². The van der Waals surface area contributed by atoms with Crippen LogP contribution in [0.25, 0.3) is 0 Å². The molecule has 1 fully saturated rings. The lowest BCUT2D eigenvalue weighted by Gasteiger charge is -2.10. The lowest BCUT2D eigenvalue weighted by Crippen LogP contribution is -2.28. The Kier molecular flexibility index (Phi) is 6.62. The van der Waals surface area contributed by atoms with Crippen molar-refractivity contribution in [3.8, 4) is 0 Å². The minimum atomic E-state index is -0.285. The van der Waals surface area contributed by atoms with E-state index in [4.69, 9.17) is 0 Å². The number of hydrogen-bond acceptors (Lipinski definition) is 3. The van der Waals surface area contributed by atoms with E-state index in [1.807, 2.05) is 0 Å². The van der Waals surface area contributed by atoms with Gasteiger partial charge in [-0.15, -0.1) is 6.58 Å². The first-order valence-corrected chi connectivity index (χ1v) is 7.94. The summed E-state index contributed by atoms with van der Waals surface area (Å²) >= 11 is 0. The van der Waals surface area contributed by atoms with E-state index < -0.39 is 0 Å². The van der Waals surface area contributed by atoms with E-state index in [1.54, 1.807) is 30.3 Å². The molecule has 1 aromatic carbocycles. The molecule has 3 amide bonds. The fourth-order valence-corrected chi connectivity index (χ4v) is 2.50. The highest BCUT2D eigenvalue weighted by atomic mass is 16.2. The van der Waals surface area contributed by atoms with Gasteiger partial charge in [-0.1, -0.05) is 6.08 Å². The van der Waals surface area contributed by atoms with E-state index >= 15 is 0 Å². The summed E-state index contributed by atoms with van der Waals surface area (Å²) < 4.78 is 0. The lowest BCUT2D eigenvalue weighted by atomic mass is 10.0. The summed E-state index contributed by atoms with van der Waals surface area (Å²) in [6.45, 7) is 6.02. The van der Waals surface area contributed by atoms with Crippen LogP contribution in [0.1, 0.15) is 19.3 Å². The van der Waals surface area contributed by atoms with Crippen LogP contribution in [-0.2, 0) is 4.79 Å². The Morgan fingerprint density at radius 2 is 1.91 bits per heavy atom. The molecular weight excluding hydrogens is 292 g/mol. The number of urea groups is 1. The predicted molar refractivity (Wildman–Crippen MR) is 92.5 cm³/mol. The number of carbonyl (C=O) groups excluding carboxylic acids is 2. The number of hydrogen-bond donors (Lipinski definition) is 4. The summed E-state index contributed by atoms with van der Waals surface area (Å²) in [6, 6.07) is 6.77. The number of rotatable bonds is 7. The molecule has 1 atom stereocenters. The molecule has 1 heterocycles. The van der Waals surface area contributed by atoms with Gasteiger partial charge in [0.2, 0.25) is 5.91 Å². The maximum Gasteiger partial charge on any atom is 0.319 e. The molecule has 0 radical (unpaired) electrons. The van der Waals surface area contributed by atoms with Gasteiger partial charge in [-0.3, -0.25) is 4.79 Å². The van der Waals surface area contributed by atoms with Crippen molar-refractivity contribution < 1.29 is 9.59 Å². The van der Waals surface area contributed by atoms with Gasteiger partial charge in [-0.2, -0.15) is 0 Å². The van der Waals surface area contributed by atoms with E-state index in [2.05, 4.69) is 27.8 Å². The Bertz CT molecular complexity index is 536. The summed E-state index contributed by atoms with van der Waals surface area (Å²) in [7, 11) is 0. The van der Waals surface area contributed by atoms with Gasteiger partial charge in [0, 0.05) is 24.3 Å². The van der Waals surface area contributed by atoms with Crippen LogP contribution in [0.4, 0.5) is 16.2 Å². The summed E-state index contributed by atoms with van der Waals surface area (Å²) in [5.74, 6) is 0.641. The highest BCUT2D eigenvalue weighted by molar-refractivity contribution is 5.92. The summed E-state index contributed by atoms with van der Waals surface area (Å²) in [5, 5.41) is 11.5. The van der Waals surface area contributed by atoms with Crippen molar-refractivity contribution in [1.29, 1.82) is 0 Å². The van der Waals surface area contributed by atoms with E-state index in [-0.39, 0.29) is 11.9 Å². The molecule has 124 valence electrons. The maximum atomic E-state index is 11.9. The molecule has 4 N–H and O–H groups in total. The summed E-state index contributed by atoms with van der Waals surface area (Å²) in [6.07, 6.45) is 4.22. The monoisotopic (exact) mass is 316 g/mol. The van der Waals surface area contributed by atoms with E-state index in [0.717, 1.165) is 31.6 Å². The molecule has 1 aliphatic heterocycles. The third-order valence-corrected chi connectivity index (χ3v) is 3.78. The maximum absolute atomic E-state index is 11.9. The zero-order chi connectivity index (χ0) is 16.5. The van der Waals surface area contributed by atoms with Gasteiger partial charge < -0.3 is 21.3 Å². The van der Waals surface area contributed by atoms with Crippen molar-refractivity contribution in [2.45, 2.75) is 19.3 Å². The molecule has 0 bridgehead atoms. The third-order valence-electron chi connectivity index (χ3n) is 3.78. The molecule has 1 unspecified atom stereocenters. The zero-order valence-corrected chi connectivity index (χ0v) is 13.2. The predicted octanol–water partition coefficient (Wildman–Crippen LogP) is 2.32. The molecule has 23 heavy (non-hydrogen) atoms. The topological polar surface area (TPSA) is 82.3 Å². The normalized spacial score (nSPS) is 16.6. The second-order valence-corrected chi connectivity index (χ2v) is 5.65. The number of carbonyl (C=O) groups is 2. The fourth-order valence-electron chi connectivity index (χ4n) is 2.50. The molecule has 0 saturated carbocycles. The van der Waals surface area contributed by atoms with Crippen molar-refractivity contribution in [2.75, 3.05) is 30.3 Å². The fraction of sp³-hybridized carbons (Fsp3) is 0.412. The molecule has 0 aliphatic carbocycles. The second kappa shape index (κ2) is 8.95. The van der Waals surface area contributed by atoms with Crippen LogP contribution in [0.3, 0.4) is 0 Å². The Morgan fingerprint density at radius 3 is 2.52 bits per heavy atom. The molecule has 6 nitrogen and oxygen atoms in total. The molecule has 2 rings (SSSR count). The Hall–Kier alpha value is -2.34. The largest absolute Gasteiger partial charge is 0.334 e. The smallest absolute Gasteiger partial charge is 0.319 e. The van der Waals surface area contributed by atoms with Crippen molar-refractivity contribution in [2.24, 2.45) is 5.92 Å². The van der Waals surface area contributed by atoms with Gasteiger partial charge in [-0.25, -0.2) is 4.79 Å². The quantitative estimate of drug-likeness (QED) is 0.583. The van der Waals surface area contributed by atoms with Crippen molar-refractivity contribution in [1.82, 2.24) is 10.6 Å². The first kappa shape index (κ1) is 17.0. The van der Waals surface area contributed by atoms with Gasteiger partial charge >= 0.3 is 6.03 Å². The number of benzene rings is 1. The SMILES string of the molecule is C=CCNC(=O)Nc1ccc(NC(=O)CCC2CCNC2)cc1. The average Bonchev–Trinajstić information content (AvgIpc) is 3.06. The van der Waals surface area contributed by atoms with E-state index in [0.29, 0.717) is 24.6 Å². The van der Waals surface area contributed by atoms with Gasteiger partial charge in [-0.05, 0) is 56.1 Å². The summed E-state index contributed by atoms with van der Waals surface area (Å²) in [4.78, 5) is 23.4. The first-order valence-electron chi connectivity index (χ1n) is 7.94. The van der Waals surface area contributed by atoms with Crippen molar-refractivity contribution in [3.05, 3.63) is 36.9 Å². The highest BCUT2D eigenvalue weighted by Gasteiger charge is 2.15. The second-order valence-electron chi connectivity index (χ2n) is 5.65. The molecule has 6 heteroatoms. The van der Waals surface area contributed by atoms with Gasteiger partial charge in [0.05, 0.1) is 0 Å². The molecular formula is C17H24N4O2. The Morgan fingerprint density at radius 1 is 1.22 bits per heavy atom. The van der Waals surface area contributed by atoms with Crippen LogP contribution in [-0.4, -0.2) is 31.6 Å². The lowest BCUT2D eigenvalue weighted by molar-refractivity contribution is -0.116. The third kappa shape index (κ3) is 6.12. The van der Waals surface area contributed by atoms with Crippen molar-refractivity contribution >= 4 is 23.3 Å². The zero-order valence-electron chi connectivity index (χ0n) is 13.2. The van der Waals surface area contributed by atoms with Crippen LogP contribution in [0.2, 0.25) is 0 Å². The van der Waals surface area contributed by atoms with E-state index in [9.17, 15) is 9.59 Å². The van der Waals surface area contributed by atoms with Crippen LogP contribution in [0, 0.1) is 5.92 Å². The average molecular weight is 316 g/mol. The van der Waals surface area contributed by atoms with E-state index in [1.165, 1.54) is 0 Å². The van der Waals surface area contributed by atoms with Gasteiger partial charge in [0.15, 0.2) is 0 Å². The molecule has 0 spiro atoms. The number of nitrogens with one attached hydrogen (secondary N) is 4. The van der Waals surface area contributed by atoms with Gasteiger partial charge in [0.25, 0.3) is 0 Å². The standard InChI is InChI=1S/C17H24N4O2/c1-2-10-19-17(23)21-15-6-4-14(5-7-15)20-16(22)8-3-13-9-11-18-12-13/h2,4-7,13,18H,1,3,8-12H2,(H,20,22)(H2,19,21,23). The summed E-state index contributed by atoms with van der Waals surface area (Å²) in [5.41, 5.74) is 1.40. The molecule has 1 aromatic rings. The van der Waals surface area contributed by atoms with Crippen LogP contribution >= 0.6 is 0 Å². The number of amides is 3. The molecule has 0 aromatic heterocycles.